The van der Waals surface area contributed by atoms with E-state index >= 15 is 0 Å². The van der Waals surface area contributed by atoms with Gasteiger partial charge in [-0.3, -0.25) is 0 Å². The van der Waals surface area contributed by atoms with Gasteiger partial charge in [-0.25, -0.2) is 4.98 Å². The molecule has 0 N–H and O–H groups in total. The van der Waals surface area contributed by atoms with Crippen LogP contribution in [0.2, 0.25) is 0 Å². The molecule has 0 fully saturated rings. The minimum Gasteiger partial charge on any atom is -0.236 e. The Bertz CT molecular complexity index is 251. The van der Waals surface area contributed by atoms with Gasteiger partial charge in [-0.1, -0.05) is 5.92 Å². The molecule has 1 nitrogen and oxygen atoms in total. The molecule has 0 aromatic carbocycles. The van der Waals surface area contributed by atoms with Gasteiger partial charge in [-0.2, -0.15) is 0 Å². The molecule has 1 aromatic rings. The summed E-state index contributed by atoms with van der Waals surface area (Å²) in [6, 6.07) is 0. The molecule has 1 radical (unpaired) electrons. The third-order valence-electron chi connectivity index (χ3n) is 0.817. The second-order valence-corrected chi connectivity index (χ2v) is 2.81. The summed E-state index contributed by atoms with van der Waals surface area (Å²) < 4.78 is 0. The predicted octanol–water partition coefficient (Wildman–Crippen LogP) is 1.64. The first-order valence-electron chi connectivity index (χ1n) is 2.53. The van der Waals surface area contributed by atoms with E-state index in [0.717, 1.165) is 5.01 Å². The van der Waals surface area contributed by atoms with Crippen LogP contribution < -0.4 is 0 Å². The summed E-state index contributed by atoms with van der Waals surface area (Å²) in [7, 11) is 0. The van der Waals surface area contributed by atoms with E-state index in [1.165, 1.54) is 4.88 Å². The second-order valence-electron chi connectivity index (χ2n) is 1.58. The van der Waals surface area contributed by atoms with Gasteiger partial charge in [-0.05, 0) is 12.8 Å². The van der Waals surface area contributed by atoms with Crippen LogP contribution in [0.1, 0.15) is 9.88 Å². The molecule has 45 valence electrons. The summed E-state index contributed by atoms with van der Waals surface area (Å²) in [4.78, 5) is 5.20. The highest BCUT2D eigenvalue weighted by molar-refractivity contribution is 7.12. The molecule has 0 saturated heterocycles. The van der Waals surface area contributed by atoms with Crippen LogP contribution in [-0.2, 0) is 0 Å². The normalized spacial score (nSPS) is 8.22. The van der Waals surface area contributed by atoms with E-state index in [-0.39, 0.29) is 0 Å². The Labute approximate surface area is 58.8 Å². The summed E-state index contributed by atoms with van der Waals surface area (Å²) in [5.41, 5.74) is 0. The first kappa shape index (κ1) is 6.31. The van der Waals surface area contributed by atoms with Gasteiger partial charge in [0, 0.05) is 18.0 Å². The summed E-state index contributed by atoms with van der Waals surface area (Å²) in [6.45, 7) is 5.40. The third kappa shape index (κ3) is 1.55. The van der Waals surface area contributed by atoms with Gasteiger partial charge in [0.05, 0.1) is 0 Å². The number of thiazole rings is 1. The molecule has 2 heteroatoms. The number of hydrogen-bond acceptors (Lipinski definition) is 2. The largest absolute Gasteiger partial charge is 0.236 e. The van der Waals surface area contributed by atoms with E-state index in [1.807, 2.05) is 13.1 Å². The zero-order chi connectivity index (χ0) is 6.69. The lowest BCUT2D eigenvalue weighted by Crippen LogP contribution is -1.63. The summed E-state index contributed by atoms with van der Waals surface area (Å²) >= 11 is 1.59. The molecule has 0 amide bonds. The Morgan fingerprint density at radius 3 is 3.00 bits per heavy atom. The third-order valence-corrected chi connectivity index (χ3v) is 1.64. The predicted molar refractivity (Wildman–Crippen MR) is 39.1 cm³/mol. The molecule has 0 aliphatic rings. The van der Waals surface area contributed by atoms with Crippen molar-refractivity contribution in [2.45, 2.75) is 6.92 Å². The van der Waals surface area contributed by atoms with Gasteiger partial charge in [0.1, 0.15) is 0 Å². The fraction of sp³-hybridized carbons (Fsp3) is 0.143. The van der Waals surface area contributed by atoms with E-state index in [4.69, 9.17) is 0 Å². The molecule has 0 bridgehead atoms. The number of aryl methyl sites for hydroxylation is 1. The topological polar surface area (TPSA) is 12.9 Å². The molecular weight excluding hydrogens is 130 g/mol. The van der Waals surface area contributed by atoms with Gasteiger partial charge >= 0.3 is 0 Å². The van der Waals surface area contributed by atoms with Crippen molar-refractivity contribution in [1.29, 1.82) is 0 Å². The summed E-state index contributed by atoms with van der Waals surface area (Å²) in [6.07, 6.45) is 1.81. The van der Waals surface area contributed by atoms with Crippen molar-refractivity contribution in [2.75, 3.05) is 0 Å². The minimum absolute atomic E-state index is 0.850. The maximum atomic E-state index is 4.01. The Balaban J connectivity index is 2.93. The molecular formula is C7H6NS. The first-order valence-corrected chi connectivity index (χ1v) is 3.35. The Hall–Kier alpha value is -0.810. The zero-order valence-electron chi connectivity index (χ0n) is 5.14. The van der Waals surface area contributed by atoms with E-state index in [0.29, 0.717) is 0 Å². The molecule has 1 aromatic heterocycles. The van der Waals surface area contributed by atoms with E-state index < -0.39 is 0 Å². The first-order chi connectivity index (χ1) is 4.33. The van der Waals surface area contributed by atoms with Crippen LogP contribution in [-0.4, -0.2) is 4.98 Å². The average molecular weight is 136 g/mol. The quantitative estimate of drug-likeness (QED) is 0.494. The average Bonchev–Trinajstić information content (AvgIpc) is 2.17. The van der Waals surface area contributed by atoms with Crippen LogP contribution in [0.3, 0.4) is 0 Å². The molecule has 1 heterocycles. The molecule has 0 aliphatic carbocycles. The maximum absolute atomic E-state index is 4.01. The lowest BCUT2D eigenvalue weighted by Gasteiger charge is -1.70. The summed E-state index contributed by atoms with van der Waals surface area (Å²) in [5.74, 6) is 5.32. The van der Waals surface area contributed by atoms with Crippen molar-refractivity contribution in [3.8, 4) is 11.8 Å². The van der Waals surface area contributed by atoms with Crippen LogP contribution in [0.5, 0.6) is 0 Å². The van der Waals surface area contributed by atoms with Crippen LogP contribution in [0.15, 0.2) is 6.20 Å². The van der Waals surface area contributed by atoms with Crippen LogP contribution in [0.4, 0.5) is 0 Å². The van der Waals surface area contributed by atoms with E-state index in [9.17, 15) is 0 Å². The van der Waals surface area contributed by atoms with Crippen LogP contribution in [0, 0.1) is 25.7 Å². The highest BCUT2D eigenvalue weighted by Crippen LogP contribution is 2.08. The van der Waals surface area contributed by atoms with Crippen molar-refractivity contribution < 1.29 is 0 Å². The Morgan fingerprint density at radius 1 is 1.78 bits per heavy atom. The van der Waals surface area contributed by atoms with E-state index in [1.54, 1.807) is 11.3 Å². The van der Waals surface area contributed by atoms with Crippen molar-refractivity contribution in [3.05, 3.63) is 23.0 Å². The highest BCUT2D eigenvalue weighted by atomic mass is 32.1. The lowest BCUT2D eigenvalue weighted by atomic mass is 10.6. The molecule has 0 atom stereocenters. The summed E-state index contributed by atoms with van der Waals surface area (Å²) in [5, 5.41) is 0.850. The standard InChI is InChI=1S/C7H6NS/c1-3-4-7-8-5-6(2)9-7/h5H,1H2,2H3. The van der Waals surface area contributed by atoms with Crippen molar-refractivity contribution in [2.24, 2.45) is 0 Å². The van der Waals surface area contributed by atoms with Gasteiger partial charge in [0.15, 0.2) is 5.01 Å². The Kier molecular flexibility index (Phi) is 1.86. The highest BCUT2D eigenvalue weighted by Gasteiger charge is 1.90. The second kappa shape index (κ2) is 2.65. The van der Waals surface area contributed by atoms with Crippen LogP contribution >= 0.6 is 11.3 Å². The number of rotatable bonds is 0. The number of nitrogens with zero attached hydrogens (tertiary/aromatic N) is 1. The van der Waals surface area contributed by atoms with Crippen molar-refractivity contribution in [1.82, 2.24) is 4.98 Å². The number of aromatic nitrogens is 1. The molecule has 0 unspecified atom stereocenters. The van der Waals surface area contributed by atoms with Gasteiger partial charge in [0.25, 0.3) is 0 Å². The van der Waals surface area contributed by atoms with E-state index in [2.05, 4.69) is 23.7 Å². The minimum atomic E-state index is 0.850. The molecule has 9 heavy (non-hydrogen) atoms. The SMILES string of the molecule is [CH2]C#Cc1ncc(C)s1. The fourth-order valence-electron chi connectivity index (χ4n) is 0.488. The number of hydrogen-bond donors (Lipinski definition) is 0. The molecule has 0 saturated carbocycles. The molecule has 0 spiro atoms. The van der Waals surface area contributed by atoms with Crippen molar-refractivity contribution in [3.63, 3.8) is 0 Å². The monoisotopic (exact) mass is 136 g/mol. The van der Waals surface area contributed by atoms with Crippen molar-refractivity contribution >= 4 is 11.3 Å². The maximum Gasteiger partial charge on any atom is 0.167 e. The van der Waals surface area contributed by atoms with Gasteiger partial charge in [-0.15, -0.1) is 11.3 Å². The smallest absolute Gasteiger partial charge is 0.167 e. The lowest BCUT2D eigenvalue weighted by molar-refractivity contribution is 1.36. The van der Waals surface area contributed by atoms with Crippen LogP contribution in [0.25, 0.3) is 0 Å². The fourth-order valence-corrected chi connectivity index (χ4v) is 1.13. The molecule has 1 rings (SSSR count). The zero-order valence-corrected chi connectivity index (χ0v) is 5.96. The molecule has 0 aliphatic heterocycles. The Morgan fingerprint density at radius 2 is 2.56 bits per heavy atom. The van der Waals surface area contributed by atoms with Gasteiger partial charge in [0.2, 0.25) is 0 Å². The van der Waals surface area contributed by atoms with Gasteiger partial charge < -0.3 is 0 Å².